The Morgan fingerprint density at radius 1 is 0.660 bits per heavy atom. The van der Waals surface area contributed by atoms with E-state index in [2.05, 4.69) is 52.3 Å². The Morgan fingerprint density at radius 3 is 1.45 bits per heavy atom. The van der Waals surface area contributed by atoms with Gasteiger partial charge in [-0.1, -0.05) is 96.3 Å². The van der Waals surface area contributed by atoms with Crippen LogP contribution in [0.1, 0.15) is 27.7 Å². The van der Waals surface area contributed by atoms with Crippen LogP contribution in [0.5, 0.6) is 0 Å². The molecule has 0 amide bonds. The summed E-state index contributed by atoms with van der Waals surface area (Å²) in [6, 6.07) is 27.9. The number of hydrogen-bond donors (Lipinski definition) is 1. The summed E-state index contributed by atoms with van der Waals surface area (Å²) in [4.78, 5) is 22.7. The third-order valence-corrected chi connectivity index (χ3v) is 10.2. The molecule has 15 heteroatoms. The minimum absolute atomic E-state index is 0. The Hall–Kier alpha value is -3.12. The molecular formula is C32H27Br2LiN6O4S2. The first-order chi connectivity index (χ1) is 21.8. The number of aromatic nitrogens is 6. The van der Waals surface area contributed by atoms with Crippen LogP contribution in [0.2, 0.25) is 0 Å². The monoisotopic (exact) mass is 788 g/mol. The maximum Gasteiger partial charge on any atom is 1.00 e. The average molecular weight is 790 g/mol. The van der Waals surface area contributed by atoms with Gasteiger partial charge in [0.2, 0.25) is 9.47 Å². The number of nitrogens with zero attached hydrogens (tertiary/aromatic N) is 6. The Labute approximate surface area is 308 Å². The van der Waals surface area contributed by atoms with Crippen molar-refractivity contribution in [2.24, 2.45) is 0 Å². The van der Waals surface area contributed by atoms with Gasteiger partial charge in [-0.05, 0) is 82.5 Å². The number of carboxylic acid groups (broad SMARTS) is 2. The van der Waals surface area contributed by atoms with Crippen LogP contribution in [0, 0.1) is 0 Å². The fourth-order valence-corrected chi connectivity index (χ4v) is 7.30. The Balaban J connectivity index is 0.000000208. The second kappa shape index (κ2) is 15.0. The summed E-state index contributed by atoms with van der Waals surface area (Å²) in [7, 11) is 0. The zero-order valence-electron chi connectivity index (χ0n) is 26.0. The van der Waals surface area contributed by atoms with Crippen molar-refractivity contribution in [3.05, 3.63) is 94.4 Å². The largest absolute Gasteiger partial charge is 1.00 e. The van der Waals surface area contributed by atoms with Gasteiger partial charge < -0.3 is 15.0 Å². The summed E-state index contributed by atoms with van der Waals surface area (Å²) < 4.78 is 2.57. The molecule has 10 nitrogen and oxygen atoms in total. The molecule has 236 valence electrons. The summed E-state index contributed by atoms with van der Waals surface area (Å²) in [5, 5.41) is 42.3. The van der Waals surface area contributed by atoms with Crippen LogP contribution in [0.3, 0.4) is 0 Å². The Bertz CT molecular complexity index is 1930. The molecule has 0 spiro atoms. The number of aliphatic carboxylic acids is 2. The van der Waals surface area contributed by atoms with E-state index in [-0.39, 0.29) is 18.9 Å². The molecule has 6 rings (SSSR count). The van der Waals surface area contributed by atoms with Gasteiger partial charge in [0.05, 0.1) is 22.1 Å². The van der Waals surface area contributed by atoms with E-state index in [4.69, 9.17) is 0 Å². The molecule has 2 aromatic heterocycles. The van der Waals surface area contributed by atoms with E-state index in [1.165, 1.54) is 0 Å². The molecule has 0 fully saturated rings. The first kappa shape index (κ1) is 36.7. The first-order valence-corrected chi connectivity index (χ1v) is 17.0. The normalized spacial score (nSPS) is 11.5. The van der Waals surface area contributed by atoms with Gasteiger partial charge in [0.15, 0.2) is 10.3 Å². The van der Waals surface area contributed by atoms with Crippen LogP contribution in [-0.2, 0) is 9.59 Å². The third kappa shape index (κ3) is 7.96. The standard InChI is InChI=1S/2C16H14BrN3O2S.Li/c2*1-16(2,13(21)22)23-15-19-18-14(17)20(15)12-9-5-7-10-6-3-4-8-11(10)12;/h2*3-9H,1-2H3,(H,21,22);/q;;+1/p-1. The van der Waals surface area contributed by atoms with E-state index in [1.807, 2.05) is 89.5 Å². The Kier molecular flexibility index (Phi) is 11.7. The van der Waals surface area contributed by atoms with E-state index in [0.29, 0.717) is 19.8 Å². The van der Waals surface area contributed by atoms with Gasteiger partial charge in [0, 0.05) is 10.8 Å². The van der Waals surface area contributed by atoms with Crippen molar-refractivity contribution < 1.29 is 38.7 Å². The maximum atomic E-state index is 11.4. The summed E-state index contributed by atoms with van der Waals surface area (Å²) in [6.45, 7) is 6.47. The van der Waals surface area contributed by atoms with Crippen LogP contribution in [0.25, 0.3) is 32.9 Å². The van der Waals surface area contributed by atoms with Gasteiger partial charge in [0.25, 0.3) is 0 Å². The summed E-state index contributed by atoms with van der Waals surface area (Å²) in [6.07, 6.45) is 0. The molecular weight excluding hydrogens is 763 g/mol. The topological polar surface area (TPSA) is 139 Å². The fourth-order valence-electron chi connectivity index (χ4n) is 4.39. The van der Waals surface area contributed by atoms with E-state index in [1.54, 1.807) is 32.3 Å². The molecule has 6 aromatic rings. The predicted octanol–water partition coefficient (Wildman–Crippen LogP) is 3.95. The van der Waals surface area contributed by atoms with Crippen molar-refractivity contribution >= 4 is 88.9 Å². The number of benzene rings is 4. The fraction of sp³-hybridized carbons (Fsp3) is 0.188. The van der Waals surface area contributed by atoms with E-state index >= 15 is 0 Å². The molecule has 47 heavy (non-hydrogen) atoms. The molecule has 4 aromatic carbocycles. The third-order valence-electron chi connectivity index (χ3n) is 6.90. The van der Waals surface area contributed by atoms with Gasteiger partial charge in [0.1, 0.15) is 4.75 Å². The number of carbonyl (C=O) groups excluding carboxylic acids is 1. The zero-order valence-corrected chi connectivity index (χ0v) is 30.8. The molecule has 1 N–H and O–H groups in total. The SMILES string of the molecule is CC(C)(Sc1nnc(Br)n1-c1cccc2ccccc12)C(=O)O.CC(C)(Sc1nnc(Br)n1-c1cccc2ccccc12)C(=O)[O-].[Li+]. The second-order valence-electron chi connectivity index (χ2n) is 11.0. The Morgan fingerprint density at radius 2 is 1.04 bits per heavy atom. The molecule has 0 aliphatic carbocycles. The van der Waals surface area contributed by atoms with Crippen LogP contribution >= 0.6 is 55.4 Å². The van der Waals surface area contributed by atoms with Crippen LogP contribution in [-0.4, -0.2) is 56.1 Å². The maximum absolute atomic E-state index is 11.4. The number of rotatable bonds is 8. The number of fused-ring (bicyclic) bond motifs is 2. The van der Waals surface area contributed by atoms with Gasteiger partial charge >= 0.3 is 24.8 Å². The number of carboxylic acids is 2. The summed E-state index contributed by atoms with van der Waals surface area (Å²) in [5.41, 5.74) is 1.79. The van der Waals surface area contributed by atoms with Crippen molar-refractivity contribution in [3.8, 4) is 11.4 Å². The first-order valence-electron chi connectivity index (χ1n) is 13.8. The van der Waals surface area contributed by atoms with Crippen LogP contribution in [0.15, 0.2) is 105 Å². The van der Waals surface area contributed by atoms with Crippen molar-refractivity contribution in [2.45, 2.75) is 47.5 Å². The number of hydrogen-bond acceptors (Lipinski definition) is 9. The minimum Gasteiger partial charge on any atom is -0.549 e. The number of carbonyl (C=O) groups is 2. The molecule has 0 saturated heterocycles. The molecule has 0 bridgehead atoms. The molecule has 0 unspecified atom stereocenters. The molecule has 0 atom stereocenters. The van der Waals surface area contributed by atoms with E-state index in [9.17, 15) is 19.8 Å². The van der Waals surface area contributed by atoms with Crippen LogP contribution in [0.4, 0.5) is 0 Å². The second-order valence-corrected chi connectivity index (χ2v) is 15.6. The average Bonchev–Trinajstić information content (AvgIpc) is 3.56. The molecule has 0 radical (unpaired) electrons. The zero-order chi connectivity index (χ0) is 33.2. The molecule has 0 aliphatic rings. The van der Waals surface area contributed by atoms with Crippen molar-refractivity contribution in [1.82, 2.24) is 29.5 Å². The van der Waals surface area contributed by atoms with Gasteiger partial charge in [-0.25, -0.2) is 0 Å². The summed E-state index contributed by atoms with van der Waals surface area (Å²) in [5.74, 6) is -2.04. The predicted molar refractivity (Wildman–Crippen MR) is 186 cm³/mol. The van der Waals surface area contributed by atoms with Gasteiger partial charge in [-0.15, -0.1) is 20.4 Å². The summed E-state index contributed by atoms with van der Waals surface area (Å²) >= 11 is 9.08. The van der Waals surface area contributed by atoms with E-state index < -0.39 is 21.4 Å². The number of thioether (sulfide) groups is 2. The van der Waals surface area contributed by atoms with Gasteiger partial charge in [-0.3, -0.25) is 13.9 Å². The van der Waals surface area contributed by atoms with E-state index in [0.717, 1.165) is 56.4 Å². The molecule has 0 aliphatic heterocycles. The molecule has 2 heterocycles. The molecule has 0 saturated carbocycles. The van der Waals surface area contributed by atoms with Crippen molar-refractivity contribution in [2.75, 3.05) is 0 Å². The minimum atomic E-state index is -1.15. The number of halogens is 2. The van der Waals surface area contributed by atoms with Gasteiger partial charge in [-0.2, -0.15) is 0 Å². The smallest absolute Gasteiger partial charge is 0.549 e. The quantitative estimate of drug-likeness (QED) is 0.178. The van der Waals surface area contributed by atoms with Crippen molar-refractivity contribution in [1.29, 1.82) is 0 Å². The van der Waals surface area contributed by atoms with Crippen LogP contribution < -0.4 is 24.0 Å². The van der Waals surface area contributed by atoms with Crippen molar-refractivity contribution in [3.63, 3.8) is 0 Å².